The Morgan fingerprint density at radius 3 is 1.52 bits per heavy atom. The fraction of sp³-hybridized carbons (Fsp3) is 1.00. The van der Waals surface area contributed by atoms with Gasteiger partial charge in [0.15, 0.2) is 0 Å². The summed E-state index contributed by atoms with van der Waals surface area (Å²) in [6, 6.07) is 0. The molecule has 122 valence electrons. The van der Waals surface area contributed by atoms with Gasteiger partial charge in [0, 0.05) is 12.6 Å². The molecule has 0 aromatic heterocycles. The van der Waals surface area contributed by atoms with Crippen LogP contribution in [0.4, 0.5) is 0 Å². The molecular weight excluding hydrogens is 421 g/mol. The van der Waals surface area contributed by atoms with Crippen molar-refractivity contribution in [2.75, 3.05) is 19.1 Å². The maximum Gasteiger partial charge on any atom is 1.00 e. The minimum absolute atomic E-state index is 0. The van der Waals surface area contributed by atoms with Crippen molar-refractivity contribution < 1.29 is 183 Å². The summed E-state index contributed by atoms with van der Waals surface area (Å²) in [6.45, 7) is 8.25. The minimum atomic E-state index is -4.88. The maximum atomic E-state index is 10.7. The van der Waals surface area contributed by atoms with Crippen LogP contribution in [0.15, 0.2) is 0 Å². The second kappa shape index (κ2) is 15.9. The summed E-state index contributed by atoms with van der Waals surface area (Å²) in [5, 5.41) is 0. The first-order valence-electron chi connectivity index (χ1n) is 6.42. The van der Waals surface area contributed by atoms with Crippen LogP contribution in [-0.2, 0) is 9.13 Å². The van der Waals surface area contributed by atoms with Crippen LogP contribution in [0.1, 0.15) is 40.5 Å². The van der Waals surface area contributed by atoms with E-state index in [4.69, 9.17) is 0 Å². The molecule has 0 amide bonds. The fourth-order valence-corrected chi connectivity index (χ4v) is 3.85. The molecule has 0 fully saturated rings. The van der Waals surface area contributed by atoms with E-state index in [1.165, 1.54) is 0 Å². The molecule has 1 atom stereocenters. The Balaban J connectivity index is -0.000000602. The first kappa shape index (κ1) is 35.6. The predicted molar refractivity (Wildman–Crippen MR) is 69.5 cm³/mol. The van der Waals surface area contributed by atoms with Gasteiger partial charge in [0.25, 0.3) is 0 Å². The minimum Gasteiger partial charge on any atom is -0.810 e. The van der Waals surface area contributed by atoms with E-state index in [0.29, 0.717) is 6.42 Å². The van der Waals surface area contributed by atoms with Gasteiger partial charge in [-0.05, 0) is 30.7 Å². The van der Waals surface area contributed by atoms with Crippen LogP contribution >= 0.6 is 15.2 Å². The fourth-order valence-electron chi connectivity index (χ4n) is 2.23. The van der Waals surface area contributed by atoms with Crippen LogP contribution in [0.3, 0.4) is 0 Å². The Hall–Kier alpha value is 5.17. The molecule has 23 heavy (non-hydrogen) atoms. The van der Waals surface area contributed by atoms with Crippen LogP contribution in [0.25, 0.3) is 0 Å². The van der Waals surface area contributed by atoms with E-state index < -0.39 is 27.8 Å². The van der Waals surface area contributed by atoms with Crippen LogP contribution in [-0.4, -0.2) is 24.0 Å². The molecule has 12 heteroatoms. The van der Waals surface area contributed by atoms with Crippen LogP contribution in [0.2, 0.25) is 0 Å². The van der Waals surface area contributed by atoms with Crippen molar-refractivity contribution in [3.05, 3.63) is 0 Å². The zero-order valence-electron chi connectivity index (χ0n) is 15.4. The third-order valence-corrected chi connectivity index (χ3v) is 4.14. The van der Waals surface area contributed by atoms with E-state index in [1.807, 2.05) is 6.92 Å². The number of rotatable bonds is 8. The molecule has 0 heterocycles. The van der Waals surface area contributed by atoms with Crippen molar-refractivity contribution in [3.8, 4) is 0 Å². The summed E-state index contributed by atoms with van der Waals surface area (Å²) in [4.78, 5) is 43.9. The molecule has 0 aliphatic heterocycles. The molecule has 0 aromatic carbocycles. The molecule has 0 aromatic rings. The van der Waals surface area contributed by atoms with E-state index in [0.717, 1.165) is 11.3 Å². The van der Waals surface area contributed by atoms with Crippen molar-refractivity contribution in [1.82, 2.24) is 4.90 Å². The predicted octanol–water partition coefficient (Wildman–Crippen LogP) is -9.49. The van der Waals surface area contributed by atoms with Gasteiger partial charge in [0.05, 0.1) is 0 Å². The summed E-state index contributed by atoms with van der Waals surface area (Å²) in [5.74, 6) is 0.230. The van der Waals surface area contributed by atoms with Gasteiger partial charge >= 0.3 is 154 Å². The zero-order chi connectivity index (χ0) is 16.2. The summed E-state index contributed by atoms with van der Waals surface area (Å²) >= 11 is 0. The maximum absolute atomic E-state index is 10.7. The summed E-state index contributed by atoms with van der Waals surface area (Å²) in [5.41, 5.74) is 0.100. The molecule has 0 rings (SSSR count). The van der Waals surface area contributed by atoms with Gasteiger partial charge in [-0.2, -0.15) is 0 Å². The van der Waals surface area contributed by atoms with Gasteiger partial charge in [-0.15, -0.1) is 0 Å². The van der Waals surface area contributed by atoms with Crippen LogP contribution < -0.4 is 174 Å². The van der Waals surface area contributed by atoms with Crippen molar-refractivity contribution >= 4 is 15.2 Å². The Kier molecular flexibility index (Phi) is 24.7. The van der Waals surface area contributed by atoms with Crippen molar-refractivity contribution in [2.45, 2.75) is 40.5 Å². The topological polar surface area (TPSA) is 130 Å². The van der Waals surface area contributed by atoms with E-state index in [1.54, 1.807) is 0 Å². The summed E-state index contributed by atoms with van der Waals surface area (Å²) in [6.07, 6.45) is -0.454. The molecule has 0 spiro atoms. The van der Waals surface area contributed by atoms with Crippen LogP contribution in [0.5, 0.6) is 0 Å². The van der Waals surface area contributed by atoms with E-state index in [-0.39, 0.29) is 172 Å². The average molecular weight is 445 g/mol. The van der Waals surface area contributed by atoms with Gasteiger partial charge < -0.3 is 28.7 Å². The molecule has 0 aliphatic rings. The van der Waals surface area contributed by atoms with Gasteiger partial charge in [-0.25, -0.2) is 0 Å². The van der Waals surface area contributed by atoms with Crippen molar-refractivity contribution in [3.63, 3.8) is 0 Å². The molecule has 0 N–H and O–H groups in total. The van der Waals surface area contributed by atoms with Gasteiger partial charge in [-0.3, -0.25) is 4.90 Å². The standard InChI is InChI=1S/C11H27NO6P2.3K/c1-10(7-11(2,3)4)5-6-12(8-19(13,14)15)9-20(16,17)18;;;/h10H,5-9H2,1-4H3,(H2,13,14,15)(H2,16,17,18);;;/q;3*+1/p-4. The average Bonchev–Trinajstić information content (AvgIpc) is 2.06. The van der Waals surface area contributed by atoms with Gasteiger partial charge in [-0.1, -0.05) is 42.9 Å². The second-order valence-electron chi connectivity index (χ2n) is 6.56. The monoisotopic (exact) mass is 444 g/mol. The summed E-state index contributed by atoms with van der Waals surface area (Å²) < 4.78 is 21.5. The number of hydrogen-bond donors (Lipinski definition) is 0. The molecule has 0 saturated heterocycles. The first-order chi connectivity index (χ1) is 8.68. The largest absolute Gasteiger partial charge is 1.00 e. The third kappa shape index (κ3) is 27.2. The molecule has 0 radical (unpaired) electrons. The van der Waals surface area contributed by atoms with Crippen molar-refractivity contribution in [2.24, 2.45) is 11.3 Å². The molecule has 0 aliphatic carbocycles. The molecule has 0 saturated carbocycles. The number of hydrogen-bond acceptors (Lipinski definition) is 7. The van der Waals surface area contributed by atoms with Crippen molar-refractivity contribution in [1.29, 1.82) is 0 Å². The van der Waals surface area contributed by atoms with Gasteiger partial charge in [0.2, 0.25) is 0 Å². The van der Waals surface area contributed by atoms with Gasteiger partial charge in [0.1, 0.15) is 0 Å². The molecule has 1 unspecified atom stereocenters. The number of nitrogens with zero attached hydrogens (tertiary/aromatic N) is 1. The molecular formula is C11H23K3NO6P2-. The Morgan fingerprint density at radius 1 is 0.913 bits per heavy atom. The Bertz CT molecular complexity index is 372. The zero-order valence-corrected chi connectivity index (χ0v) is 26.6. The van der Waals surface area contributed by atoms with E-state index >= 15 is 0 Å². The Morgan fingerprint density at radius 2 is 1.26 bits per heavy atom. The SMILES string of the molecule is CC(CCN(CP(=O)([O-])[O-])CP(=O)([O-])[O-])CC(C)(C)C.[K+].[K+].[K+]. The second-order valence-corrected chi connectivity index (χ2v) is 9.57. The van der Waals surface area contributed by atoms with Crippen LogP contribution in [0, 0.1) is 11.3 Å². The smallest absolute Gasteiger partial charge is 0.810 e. The van der Waals surface area contributed by atoms with E-state index in [2.05, 4.69) is 20.8 Å². The Labute approximate surface area is 267 Å². The quantitative estimate of drug-likeness (QED) is 0.268. The summed E-state index contributed by atoms with van der Waals surface area (Å²) in [7, 11) is -9.76. The molecule has 7 nitrogen and oxygen atoms in total. The van der Waals surface area contributed by atoms with E-state index in [9.17, 15) is 28.7 Å². The molecule has 0 bridgehead atoms. The third-order valence-electron chi connectivity index (χ3n) is 2.65. The first-order valence-corrected chi connectivity index (χ1v) is 9.88. The normalized spacial score (nSPS) is 13.6.